The van der Waals surface area contributed by atoms with Gasteiger partial charge in [0.25, 0.3) is 0 Å². The molecule has 88 valence electrons. The number of piperidine rings is 1. The SMILES string of the molecule is Oc1ccc(F)c(CC2CCNCC2)c1O. The average molecular weight is 225 g/mol. The van der Waals surface area contributed by atoms with Gasteiger partial charge in [-0.25, -0.2) is 4.39 Å². The van der Waals surface area contributed by atoms with Gasteiger partial charge >= 0.3 is 0 Å². The lowest BCUT2D eigenvalue weighted by molar-refractivity contribution is 0.352. The van der Waals surface area contributed by atoms with Gasteiger partial charge in [-0.15, -0.1) is 0 Å². The molecule has 1 heterocycles. The lowest BCUT2D eigenvalue weighted by Crippen LogP contribution is -2.28. The van der Waals surface area contributed by atoms with Crippen LogP contribution in [0.5, 0.6) is 11.5 Å². The molecule has 1 saturated heterocycles. The van der Waals surface area contributed by atoms with Crippen LogP contribution in [0.4, 0.5) is 4.39 Å². The Labute approximate surface area is 93.9 Å². The fourth-order valence-corrected chi connectivity index (χ4v) is 2.17. The van der Waals surface area contributed by atoms with Crippen molar-refractivity contribution in [3.05, 3.63) is 23.5 Å². The molecule has 1 aliphatic rings. The van der Waals surface area contributed by atoms with Crippen molar-refractivity contribution in [3.63, 3.8) is 0 Å². The summed E-state index contributed by atoms with van der Waals surface area (Å²) in [5.41, 5.74) is 0.243. The molecular formula is C12H16FNO2. The maximum atomic E-state index is 13.5. The van der Waals surface area contributed by atoms with Crippen molar-refractivity contribution in [1.29, 1.82) is 0 Å². The minimum absolute atomic E-state index is 0.243. The molecule has 3 N–H and O–H groups in total. The van der Waals surface area contributed by atoms with Gasteiger partial charge in [-0.3, -0.25) is 0 Å². The Morgan fingerprint density at radius 2 is 1.94 bits per heavy atom. The Bertz CT molecular complexity index is 376. The maximum Gasteiger partial charge on any atom is 0.163 e. The van der Waals surface area contributed by atoms with E-state index < -0.39 is 5.82 Å². The topological polar surface area (TPSA) is 52.5 Å². The van der Waals surface area contributed by atoms with E-state index in [0.717, 1.165) is 25.9 Å². The van der Waals surface area contributed by atoms with Crippen LogP contribution in [0.2, 0.25) is 0 Å². The van der Waals surface area contributed by atoms with Crippen LogP contribution in [0.3, 0.4) is 0 Å². The maximum absolute atomic E-state index is 13.5. The van der Waals surface area contributed by atoms with Gasteiger partial charge in [0.15, 0.2) is 11.5 Å². The molecule has 16 heavy (non-hydrogen) atoms. The molecule has 1 aromatic carbocycles. The number of phenolic OH excluding ortho intramolecular Hbond substituents is 2. The standard InChI is InChI=1S/C12H16FNO2/c13-10-1-2-11(15)12(16)9(10)7-8-3-5-14-6-4-8/h1-2,8,14-16H,3-7H2. The third-order valence-electron chi connectivity index (χ3n) is 3.16. The number of benzene rings is 1. The van der Waals surface area contributed by atoms with Crippen LogP contribution in [0.25, 0.3) is 0 Å². The zero-order chi connectivity index (χ0) is 11.5. The van der Waals surface area contributed by atoms with E-state index in [-0.39, 0.29) is 17.1 Å². The van der Waals surface area contributed by atoms with E-state index in [9.17, 15) is 14.6 Å². The fraction of sp³-hybridized carbons (Fsp3) is 0.500. The number of hydrogen-bond acceptors (Lipinski definition) is 3. The van der Waals surface area contributed by atoms with E-state index in [4.69, 9.17) is 0 Å². The van der Waals surface area contributed by atoms with Crippen molar-refractivity contribution in [2.45, 2.75) is 19.3 Å². The normalized spacial score (nSPS) is 17.6. The monoisotopic (exact) mass is 225 g/mol. The minimum Gasteiger partial charge on any atom is -0.504 e. The lowest BCUT2D eigenvalue weighted by Gasteiger charge is -2.23. The van der Waals surface area contributed by atoms with Crippen LogP contribution in [0, 0.1) is 11.7 Å². The molecule has 0 amide bonds. The highest BCUT2D eigenvalue weighted by Gasteiger charge is 2.19. The lowest BCUT2D eigenvalue weighted by atomic mass is 9.90. The van der Waals surface area contributed by atoms with Crippen molar-refractivity contribution >= 4 is 0 Å². The van der Waals surface area contributed by atoms with E-state index in [0.29, 0.717) is 12.3 Å². The third-order valence-corrected chi connectivity index (χ3v) is 3.16. The number of rotatable bonds is 2. The van der Waals surface area contributed by atoms with Crippen LogP contribution < -0.4 is 5.32 Å². The van der Waals surface area contributed by atoms with Gasteiger partial charge in [-0.05, 0) is 50.4 Å². The Hall–Kier alpha value is -1.29. The number of halogens is 1. The van der Waals surface area contributed by atoms with Crippen LogP contribution in [-0.4, -0.2) is 23.3 Å². The Kier molecular flexibility index (Phi) is 3.29. The van der Waals surface area contributed by atoms with Crippen LogP contribution in [0.15, 0.2) is 12.1 Å². The van der Waals surface area contributed by atoms with Crippen molar-refractivity contribution in [2.24, 2.45) is 5.92 Å². The molecule has 3 nitrogen and oxygen atoms in total. The number of aromatic hydroxyl groups is 2. The molecule has 0 saturated carbocycles. The second-order valence-electron chi connectivity index (χ2n) is 4.29. The van der Waals surface area contributed by atoms with Gasteiger partial charge < -0.3 is 15.5 Å². The van der Waals surface area contributed by atoms with Gasteiger partial charge in [-0.2, -0.15) is 0 Å². The van der Waals surface area contributed by atoms with E-state index >= 15 is 0 Å². The smallest absolute Gasteiger partial charge is 0.163 e. The summed E-state index contributed by atoms with van der Waals surface area (Å²) in [6, 6.07) is 2.38. The molecule has 0 unspecified atom stereocenters. The van der Waals surface area contributed by atoms with E-state index in [1.165, 1.54) is 12.1 Å². The minimum atomic E-state index is -0.436. The summed E-state index contributed by atoms with van der Waals surface area (Å²) >= 11 is 0. The summed E-state index contributed by atoms with van der Waals surface area (Å²) in [7, 11) is 0. The first-order chi connectivity index (χ1) is 7.68. The van der Waals surface area contributed by atoms with Gasteiger partial charge in [0, 0.05) is 5.56 Å². The van der Waals surface area contributed by atoms with Crippen LogP contribution >= 0.6 is 0 Å². The summed E-state index contributed by atoms with van der Waals surface area (Å²) in [6.45, 7) is 1.87. The molecular weight excluding hydrogens is 209 g/mol. The molecule has 1 aromatic rings. The summed E-state index contributed by atoms with van der Waals surface area (Å²) in [5, 5.41) is 22.2. The molecule has 0 atom stereocenters. The Balaban J connectivity index is 2.16. The summed E-state index contributed by atoms with van der Waals surface area (Å²) in [5.74, 6) is -0.610. The average Bonchev–Trinajstić information content (AvgIpc) is 2.31. The Morgan fingerprint density at radius 1 is 1.25 bits per heavy atom. The molecule has 0 spiro atoms. The van der Waals surface area contributed by atoms with E-state index in [2.05, 4.69) is 5.32 Å². The number of hydrogen-bond donors (Lipinski definition) is 3. The fourth-order valence-electron chi connectivity index (χ4n) is 2.17. The van der Waals surface area contributed by atoms with Gasteiger partial charge in [0.05, 0.1) is 0 Å². The van der Waals surface area contributed by atoms with E-state index in [1.54, 1.807) is 0 Å². The highest BCUT2D eigenvalue weighted by Crippen LogP contribution is 2.33. The summed E-state index contributed by atoms with van der Waals surface area (Å²) in [4.78, 5) is 0. The molecule has 1 fully saturated rings. The zero-order valence-electron chi connectivity index (χ0n) is 9.04. The van der Waals surface area contributed by atoms with Gasteiger partial charge in [0.2, 0.25) is 0 Å². The third kappa shape index (κ3) is 2.27. The van der Waals surface area contributed by atoms with Crippen LogP contribution in [0.1, 0.15) is 18.4 Å². The predicted molar refractivity (Wildman–Crippen MR) is 59.0 cm³/mol. The molecule has 4 heteroatoms. The quantitative estimate of drug-likeness (QED) is 0.672. The van der Waals surface area contributed by atoms with Crippen LogP contribution in [-0.2, 0) is 6.42 Å². The summed E-state index contributed by atoms with van der Waals surface area (Å²) < 4.78 is 13.5. The first-order valence-corrected chi connectivity index (χ1v) is 5.58. The highest BCUT2D eigenvalue weighted by molar-refractivity contribution is 5.45. The molecule has 0 aromatic heterocycles. The summed E-state index contributed by atoms with van der Waals surface area (Å²) in [6.07, 6.45) is 2.46. The first kappa shape index (κ1) is 11.2. The second kappa shape index (κ2) is 4.70. The van der Waals surface area contributed by atoms with Gasteiger partial charge in [0.1, 0.15) is 5.82 Å². The van der Waals surface area contributed by atoms with Crippen molar-refractivity contribution < 1.29 is 14.6 Å². The van der Waals surface area contributed by atoms with Gasteiger partial charge in [-0.1, -0.05) is 0 Å². The van der Waals surface area contributed by atoms with Crippen molar-refractivity contribution in [1.82, 2.24) is 5.32 Å². The van der Waals surface area contributed by atoms with Crippen molar-refractivity contribution in [3.8, 4) is 11.5 Å². The highest BCUT2D eigenvalue weighted by atomic mass is 19.1. The Morgan fingerprint density at radius 3 is 2.62 bits per heavy atom. The molecule has 0 bridgehead atoms. The van der Waals surface area contributed by atoms with E-state index in [1.807, 2.05) is 0 Å². The number of nitrogens with one attached hydrogen (secondary N) is 1. The first-order valence-electron chi connectivity index (χ1n) is 5.58. The molecule has 1 aliphatic heterocycles. The van der Waals surface area contributed by atoms with Crippen molar-refractivity contribution in [2.75, 3.05) is 13.1 Å². The molecule has 0 radical (unpaired) electrons. The largest absolute Gasteiger partial charge is 0.504 e. The number of phenols is 2. The zero-order valence-corrected chi connectivity index (χ0v) is 9.04. The second-order valence-corrected chi connectivity index (χ2v) is 4.29. The predicted octanol–water partition coefficient (Wildman–Crippen LogP) is 1.78. The molecule has 2 rings (SSSR count). The molecule has 0 aliphatic carbocycles.